The largest absolute Gasteiger partial charge is 0.318 e. The van der Waals surface area contributed by atoms with Crippen molar-refractivity contribution in [1.29, 1.82) is 0 Å². The van der Waals surface area contributed by atoms with Gasteiger partial charge in [0.1, 0.15) is 5.82 Å². The number of hydrogen-bond donors (Lipinski definition) is 0. The van der Waals surface area contributed by atoms with Crippen LogP contribution in [-0.2, 0) is 0 Å². The van der Waals surface area contributed by atoms with Crippen LogP contribution in [0.25, 0.3) is 0 Å². The molecular weight excluding hydrogens is 244 g/mol. The number of hydrogen-bond acceptors (Lipinski definition) is 1. The highest BCUT2D eigenvalue weighted by Crippen LogP contribution is 2.15. The highest BCUT2D eigenvalue weighted by Gasteiger charge is 1.94. The van der Waals surface area contributed by atoms with Crippen molar-refractivity contribution in [3.63, 3.8) is 0 Å². The van der Waals surface area contributed by atoms with Crippen LogP contribution in [0.5, 0.6) is 0 Å². The summed E-state index contributed by atoms with van der Waals surface area (Å²) in [6.07, 6.45) is 0. The average Bonchev–Trinajstić information content (AvgIpc) is 1.88. The molecule has 0 atom stereocenters. The summed E-state index contributed by atoms with van der Waals surface area (Å²) in [4.78, 5) is 0. The molecule has 0 aliphatic carbocycles. The Hall–Kier alpha value is -0.320. The summed E-state index contributed by atoms with van der Waals surface area (Å²) < 4.78 is 14.2. The Bertz CT molecular complexity index is 207. The lowest BCUT2D eigenvalue weighted by Crippen LogP contribution is -1.98. The van der Waals surface area contributed by atoms with Crippen LogP contribution >= 0.6 is 22.9 Å². The Morgan fingerprint density at radius 3 is 2.20 bits per heavy atom. The average molecular weight is 251 g/mol. The maximum atomic E-state index is 12.3. The summed E-state index contributed by atoms with van der Waals surface area (Å²) in [7, 11) is 1.91. The second-order valence-electron chi connectivity index (χ2n) is 1.95. The zero-order valence-electron chi connectivity index (χ0n) is 5.51. The number of nitrogens with zero attached hydrogens (tertiary/aromatic N) is 1. The van der Waals surface area contributed by atoms with Crippen LogP contribution in [0.4, 0.5) is 10.1 Å². The van der Waals surface area contributed by atoms with Crippen LogP contribution in [0.2, 0.25) is 0 Å². The Morgan fingerprint density at radius 2 is 1.80 bits per heavy atom. The van der Waals surface area contributed by atoms with E-state index in [-0.39, 0.29) is 5.82 Å². The van der Waals surface area contributed by atoms with Crippen molar-refractivity contribution in [3.05, 3.63) is 30.1 Å². The van der Waals surface area contributed by atoms with Crippen molar-refractivity contribution >= 4 is 28.6 Å². The highest BCUT2D eigenvalue weighted by molar-refractivity contribution is 14.1. The standard InChI is InChI=1S/C7H7FIN/c1-10(9)7-4-2-6(8)3-5-7/h2-5H,1H3. The smallest absolute Gasteiger partial charge is 0.123 e. The van der Waals surface area contributed by atoms with Crippen LogP contribution in [-0.4, -0.2) is 7.05 Å². The van der Waals surface area contributed by atoms with E-state index in [0.29, 0.717) is 0 Å². The SMILES string of the molecule is CN(I)c1ccc(F)cc1. The van der Waals surface area contributed by atoms with E-state index in [2.05, 4.69) is 22.9 Å². The van der Waals surface area contributed by atoms with E-state index in [4.69, 9.17) is 0 Å². The third-order valence-corrected chi connectivity index (χ3v) is 1.74. The second-order valence-corrected chi connectivity index (χ2v) is 3.40. The Kier molecular flexibility index (Phi) is 2.48. The van der Waals surface area contributed by atoms with Crippen LogP contribution in [0.15, 0.2) is 24.3 Å². The lowest BCUT2D eigenvalue weighted by Gasteiger charge is -2.07. The molecule has 0 aromatic heterocycles. The topological polar surface area (TPSA) is 3.24 Å². The van der Waals surface area contributed by atoms with Crippen molar-refractivity contribution in [2.24, 2.45) is 0 Å². The molecular formula is C7H7FIN. The maximum absolute atomic E-state index is 12.3. The predicted molar refractivity (Wildman–Crippen MR) is 48.8 cm³/mol. The van der Waals surface area contributed by atoms with Gasteiger partial charge in [-0.05, 0) is 24.3 Å². The van der Waals surface area contributed by atoms with Gasteiger partial charge in [-0.3, -0.25) is 0 Å². The van der Waals surface area contributed by atoms with Gasteiger partial charge in [0.15, 0.2) is 0 Å². The van der Waals surface area contributed by atoms with E-state index in [1.165, 1.54) is 12.1 Å². The van der Waals surface area contributed by atoms with Gasteiger partial charge in [0, 0.05) is 12.7 Å². The molecule has 0 aliphatic heterocycles. The number of rotatable bonds is 1. The minimum absolute atomic E-state index is 0.193. The Balaban J connectivity index is 2.89. The van der Waals surface area contributed by atoms with Crippen molar-refractivity contribution < 1.29 is 4.39 Å². The molecule has 3 heteroatoms. The molecule has 0 aliphatic rings. The van der Waals surface area contributed by atoms with Gasteiger partial charge in [-0.1, -0.05) is 0 Å². The summed E-state index contributed by atoms with van der Waals surface area (Å²) in [5.74, 6) is -0.193. The highest BCUT2D eigenvalue weighted by atomic mass is 127. The minimum atomic E-state index is -0.193. The van der Waals surface area contributed by atoms with Crippen LogP contribution in [0, 0.1) is 5.82 Å². The van der Waals surface area contributed by atoms with Gasteiger partial charge in [0.05, 0.1) is 22.9 Å². The Labute approximate surface area is 73.3 Å². The lowest BCUT2D eigenvalue weighted by molar-refractivity contribution is 0.628. The monoisotopic (exact) mass is 251 g/mol. The van der Waals surface area contributed by atoms with E-state index in [0.717, 1.165) is 5.69 Å². The van der Waals surface area contributed by atoms with Gasteiger partial charge in [0.25, 0.3) is 0 Å². The lowest BCUT2D eigenvalue weighted by atomic mass is 10.3. The minimum Gasteiger partial charge on any atom is -0.318 e. The third-order valence-electron chi connectivity index (χ3n) is 1.18. The zero-order chi connectivity index (χ0) is 7.56. The molecule has 0 fully saturated rings. The molecule has 0 N–H and O–H groups in total. The Morgan fingerprint density at radius 1 is 1.30 bits per heavy atom. The molecule has 1 aromatic rings. The number of anilines is 1. The second kappa shape index (κ2) is 3.18. The molecule has 0 heterocycles. The fourth-order valence-electron chi connectivity index (χ4n) is 0.647. The molecule has 1 nitrogen and oxygen atoms in total. The van der Waals surface area contributed by atoms with Crippen LogP contribution in [0.1, 0.15) is 0 Å². The summed E-state index contributed by atoms with van der Waals surface area (Å²) in [5, 5.41) is 0. The van der Waals surface area contributed by atoms with E-state index in [1.807, 2.05) is 10.2 Å². The van der Waals surface area contributed by atoms with E-state index in [9.17, 15) is 4.39 Å². The molecule has 1 rings (SSSR count). The number of halogens is 2. The third kappa shape index (κ3) is 1.83. The van der Waals surface area contributed by atoms with Crippen LogP contribution < -0.4 is 3.11 Å². The number of benzene rings is 1. The molecule has 54 valence electrons. The van der Waals surface area contributed by atoms with Gasteiger partial charge in [0.2, 0.25) is 0 Å². The molecule has 1 aromatic carbocycles. The molecule has 0 saturated heterocycles. The molecule has 0 unspecified atom stereocenters. The fourth-order valence-corrected chi connectivity index (χ4v) is 0.968. The molecule has 0 amide bonds. The first-order valence-corrected chi connectivity index (χ1v) is 3.82. The fraction of sp³-hybridized carbons (Fsp3) is 0.143. The van der Waals surface area contributed by atoms with Gasteiger partial charge in [-0.15, -0.1) is 0 Å². The summed E-state index contributed by atoms with van der Waals surface area (Å²) in [6, 6.07) is 6.37. The van der Waals surface area contributed by atoms with Gasteiger partial charge in [-0.25, -0.2) is 4.39 Å². The van der Waals surface area contributed by atoms with Gasteiger partial charge in [-0.2, -0.15) is 0 Å². The quantitative estimate of drug-likeness (QED) is 0.547. The summed E-state index contributed by atoms with van der Waals surface area (Å²) >= 11 is 2.13. The zero-order valence-corrected chi connectivity index (χ0v) is 7.67. The van der Waals surface area contributed by atoms with E-state index < -0.39 is 0 Å². The first-order valence-electron chi connectivity index (χ1n) is 2.85. The summed E-state index contributed by atoms with van der Waals surface area (Å²) in [6.45, 7) is 0. The van der Waals surface area contributed by atoms with Crippen molar-refractivity contribution in [2.45, 2.75) is 0 Å². The van der Waals surface area contributed by atoms with Crippen molar-refractivity contribution in [2.75, 3.05) is 10.2 Å². The first-order chi connectivity index (χ1) is 4.70. The van der Waals surface area contributed by atoms with Crippen LogP contribution in [0.3, 0.4) is 0 Å². The van der Waals surface area contributed by atoms with Gasteiger partial charge < -0.3 is 3.11 Å². The molecule has 0 spiro atoms. The van der Waals surface area contributed by atoms with Crippen molar-refractivity contribution in [3.8, 4) is 0 Å². The first kappa shape index (κ1) is 7.78. The molecule has 0 saturated carbocycles. The predicted octanol–water partition coefficient (Wildman–Crippen LogP) is 2.61. The van der Waals surface area contributed by atoms with E-state index >= 15 is 0 Å². The molecule has 0 bridgehead atoms. The molecule has 0 radical (unpaired) electrons. The van der Waals surface area contributed by atoms with E-state index in [1.54, 1.807) is 12.1 Å². The summed E-state index contributed by atoms with van der Waals surface area (Å²) in [5.41, 5.74) is 1.00. The van der Waals surface area contributed by atoms with Crippen molar-refractivity contribution in [1.82, 2.24) is 0 Å². The maximum Gasteiger partial charge on any atom is 0.123 e. The molecule has 10 heavy (non-hydrogen) atoms. The van der Waals surface area contributed by atoms with Gasteiger partial charge >= 0.3 is 0 Å². The normalized spacial score (nSPS) is 9.50.